The maximum absolute atomic E-state index is 4.86. The van der Waals surface area contributed by atoms with Gasteiger partial charge in [-0.2, -0.15) is 0 Å². The molecular formula is C18H31N5. The average Bonchev–Trinajstić information content (AvgIpc) is 2.50. The van der Waals surface area contributed by atoms with Gasteiger partial charge >= 0.3 is 0 Å². The van der Waals surface area contributed by atoms with Gasteiger partial charge in [-0.15, -0.1) is 0 Å². The van der Waals surface area contributed by atoms with Crippen LogP contribution in [0.4, 0.5) is 5.82 Å². The number of pyridine rings is 1. The zero-order valence-corrected chi connectivity index (χ0v) is 15.2. The summed E-state index contributed by atoms with van der Waals surface area (Å²) in [5.41, 5.74) is 1.19. The van der Waals surface area contributed by atoms with E-state index < -0.39 is 0 Å². The van der Waals surface area contributed by atoms with Crippen LogP contribution in [-0.2, 0) is 6.54 Å². The summed E-state index contributed by atoms with van der Waals surface area (Å²) in [7, 11) is 4.02. The van der Waals surface area contributed by atoms with Crippen molar-refractivity contribution in [2.24, 2.45) is 16.8 Å². The molecular weight excluding hydrogens is 286 g/mol. The third-order valence-corrected chi connectivity index (χ3v) is 4.18. The fourth-order valence-electron chi connectivity index (χ4n) is 3.23. The van der Waals surface area contributed by atoms with E-state index in [4.69, 9.17) is 4.99 Å². The molecule has 2 rings (SSSR count). The first-order valence-electron chi connectivity index (χ1n) is 8.65. The van der Waals surface area contributed by atoms with Crippen molar-refractivity contribution in [2.45, 2.75) is 33.7 Å². The summed E-state index contributed by atoms with van der Waals surface area (Å²) in [6, 6.07) is 4.15. The Hall–Kier alpha value is -1.78. The largest absolute Gasteiger partial charge is 0.363 e. The van der Waals surface area contributed by atoms with Crippen LogP contribution in [0.5, 0.6) is 0 Å². The van der Waals surface area contributed by atoms with Crippen molar-refractivity contribution in [3.63, 3.8) is 0 Å². The van der Waals surface area contributed by atoms with Crippen molar-refractivity contribution in [3.8, 4) is 0 Å². The number of rotatable bonds is 4. The molecule has 5 heteroatoms. The van der Waals surface area contributed by atoms with Gasteiger partial charge in [-0.05, 0) is 42.9 Å². The van der Waals surface area contributed by atoms with Gasteiger partial charge in [0.1, 0.15) is 5.82 Å². The molecule has 0 saturated carbocycles. The Labute approximate surface area is 140 Å². The first-order valence-corrected chi connectivity index (χ1v) is 8.65. The third kappa shape index (κ3) is 5.12. The Bertz CT molecular complexity index is 516. The summed E-state index contributed by atoms with van der Waals surface area (Å²) in [6.07, 6.45) is 3.17. The molecule has 1 aliphatic heterocycles. The van der Waals surface area contributed by atoms with E-state index in [1.54, 1.807) is 0 Å². The van der Waals surface area contributed by atoms with Gasteiger partial charge in [-0.25, -0.2) is 9.98 Å². The smallest absolute Gasteiger partial charge is 0.194 e. The molecule has 1 N–H and O–H groups in total. The summed E-state index contributed by atoms with van der Waals surface area (Å²) in [5, 5.41) is 3.45. The molecule has 2 atom stereocenters. The summed E-state index contributed by atoms with van der Waals surface area (Å²) >= 11 is 0. The minimum atomic E-state index is 0.685. The Morgan fingerprint density at radius 3 is 2.65 bits per heavy atom. The van der Waals surface area contributed by atoms with E-state index in [1.807, 2.05) is 31.3 Å². The van der Waals surface area contributed by atoms with Crippen LogP contribution in [0.3, 0.4) is 0 Å². The second kappa shape index (κ2) is 8.18. The van der Waals surface area contributed by atoms with Crippen molar-refractivity contribution >= 4 is 11.8 Å². The van der Waals surface area contributed by atoms with Crippen LogP contribution in [0.15, 0.2) is 23.3 Å². The fraction of sp³-hybridized carbons (Fsp3) is 0.667. The summed E-state index contributed by atoms with van der Waals surface area (Å²) < 4.78 is 0. The van der Waals surface area contributed by atoms with E-state index in [9.17, 15) is 0 Å². The predicted octanol–water partition coefficient (Wildman–Crippen LogP) is 2.59. The Morgan fingerprint density at radius 1 is 1.35 bits per heavy atom. The van der Waals surface area contributed by atoms with Crippen molar-refractivity contribution in [1.29, 1.82) is 0 Å². The van der Waals surface area contributed by atoms with Crippen LogP contribution in [0, 0.1) is 11.8 Å². The Morgan fingerprint density at radius 2 is 2.04 bits per heavy atom. The molecule has 0 aliphatic carbocycles. The van der Waals surface area contributed by atoms with Crippen LogP contribution in [0.1, 0.15) is 32.8 Å². The van der Waals surface area contributed by atoms with E-state index >= 15 is 0 Å². The average molecular weight is 317 g/mol. The van der Waals surface area contributed by atoms with E-state index in [0.717, 1.165) is 43.2 Å². The molecule has 0 spiro atoms. The van der Waals surface area contributed by atoms with Gasteiger partial charge in [0, 0.05) is 39.9 Å². The maximum Gasteiger partial charge on any atom is 0.194 e. The van der Waals surface area contributed by atoms with Gasteiger partial charge in [0.15, 0.2) is 5.96 Å². The highest BCUT2D eigenvalue weighted by Gasteiger charge is 2.23. The van der Waals surface area contributed by atoms with Crippen LogP contribution in [0.25, 0.3) is 0 Å². The van der Waals surface area contributed by atoms with Gasteiger partial charge in [0.2, 0.25) is 0 Å². The van der Waals surface area contributed by atoms with E-state index in [1.165, 1.54) is 12.0 Å². The van der Waals surface area contributed by atoms with Gasteiger partial charge < -0.3 is 15.1 Å². The van der Waals surface area contributed by atoms with Crippen LogP contribution < -0.4 is 10.2 Å². The minimum absolute atomic E-state index is 0.685. The molecule has 1 fully saturated rings. The van der Waals surface area contributed by atoms with Crippen molar-refractivity contribution in [3.05, 3.63) is 23.9 Å². The molecule has 23 heavy (non-hydrogen) atoms. The lowest BCUT2D eigenvalue weighted by molar-refractivity contribution is 0.208. The number of hydrogen-bond acceptors (Lipinski definition) is 3. The zero-order chi connectivity index (χ0) is 16.8. The highest BCUT2D eigenvalue weighted by molar-refractivity contribution is 5.80. The fourth-order valence-corrected chi connectivity index (χ4v) is 3.23. The van der Waals surface area contributed by atoms with Gasteiger partial charge in [-0.3, -0.25) is 0 Å². The first kappa shape index (κ1) is 17.6. The quantitative estimate of drug-likeness (QED) is 0.685. The number of piperidine rings is 1. The molecule has 2 unspecified atom stereocenters. The molecule has 128 valence electrons. The van der Waals surface area contributed by atoms with E-state index in [0.29, 0.717) is 6.54 Å². The lowest BCUT2D eigenvalue weighted by atomic mass is 9.92. The van der Waals surface area contributed by atoms with E-state index in [2.05, 4.69) is 42.0 Å². The molecule has 2 heterocycles. The summed E-state index contributed by atoms with van der Waals surface area (Å²) in [6.45, 7) is 10.6. The topological polar surface area (TPSA) is 43.8 Å². The molecule has 0 bridgehead atoms. The monoisotopic (exact) mass is 317 g/mol. The van der Waals surface area contributed by atoms with Crippen molar-refractivity contribution < 1.29 is 0 Å². The minimum Gasteiger partial charge on any atom is -0.363 e. The first-order chi connectivity index (χ1) is 11.0. The lowest BCUT2D eigenvalue weighted by Gasteiger charge is -2.37. The second-order valence-electron chi connectivity index (χ2n) is 6.94. The van der Waals surface area contributed by atoms with Gasteiger partial charge in [0.05, 0.1) is 6.54 Å². The molecule has 1 aliphatic rings. The number of aliphatic imine (C=N–C) groups is 1. The molecule has 1 aromatic rings. The van der Waals surface area contributed by atoms with Crippen molar-refractivity contribution in [1.82, 2.24) is 15.2 Å². The molecule has 0 radical (unpaired) electrons. The number of nitrogens with zero attached hydrogens (tertiary/aromatic N) is 4. The SMILES string of the molecule is CCNC(=NCc1ccnc(N(C)C)c1)N1CC(C)CC(C)C1. The van der Waals surface area contributed by atoms with Crippen LogP contribution >= 0.6 is 0 Å². The third-order valence-electron chi connectivity index (χ3n) is 4.18. The zero-order valence-electron chi connectivity index (χ0n) is 15.2. The van der Waals surface area contributed by atoms with Crippen LogP contribution in [-0.4, -0.2) is 49.6 Å². The van der Waals surface area contributed by atoms with Gasteiger partial charge in [-0.1, -0.05) is 13.8 Å². The number of hydrogen-bond donors (Lipinski definition) is 1. The highest BCUT2D eigenvalue weighted by atomic mass is 15.3. The number of likely N-dealkylation sites (tertiary alicyclic amines) is 1. The Kier molecular flexibility index (Phi) is 6.25. The maximum atomic E-state index is 4.86. The second-order valence-corrected chi connectivity index (χ2v) is 6.94. The molecule has 5 nitrogen and oxygen atoms in total. The number of aromatic nitrogens is 1. The highest BCUT2D eigenvalue weighted by Crippen LogP contribution is 2.21. The van der Waals surface area contributed by atoms with Crippen molar-refractivity contribution in [2.75, 3.05) is 38.6 Å². The number of guanidine groups is 1. The number of anilines is 1. The molecule has 1 aromatic heterocycles. The standard InChI is InChI=1S/C18H31N5/c1-6-19-18(23-12-14(2)9-15(3)13-23)21-11-16-7-8-20-17(10-16)22(4)5/h7-8,10,14-15H,6,9,11-13H2,1-5H3,(H,19,21). The van der Waals surface area contributed by atoms with E-state index in [-0.39, 0.29) is 0 Å². The molecule has 0 aromatic carbocycles. The number of nitrogens with one attached hydrogen (secondary N) is 1. The summed E-state index contributed by atoms with van der Waals surface area (Å²) in [5.74, 6) is 3.46. The molecule has 1 saturated heterocycles. The lowest BCUT2D eigenvalue weighted by Crippen LogP contribution is -2.48. The Balaban J connectivity index is 2.10. The summed E-state index contributed by atoms with van der Waals surface area (Å²) in [4.78, 5) is 13.7. The van der Waals surface area contributed by atoms with Crippen LogP contribution in [0.2, 0.25) is 0 Å². The predicted molar refractivity (Wildman–Crippen MR) is 97.9 cm³/mol. The normalized spacial score (nSPS) is 22.1. The molecule has 0 amide bonds. The van der Waals surface area contributed by atoms with Gasteiger partial charge in [0.25, 0.3) is 0 Å².